The Morgan fingerprint density at radius 2 is 2.04 bits per heavy atom. The summed E-state index contributed by atoms with van der Waals surface area (Å²) in [7, 11) is 3.64. The summed E-state index contributed by atoms with van der Waals surface area (Å²) in [5, 5.41) is 14.9. The van der Waals surface area contributed by atoms with Crippen molar-refractivity contribution in [2.45, 2.75) is 33.0 Å². The van der Waals surface area contributed by atoms with Crippen LogP contribution in [0, 0.1) is 6.92 Å². The number of hydrogen-bond donors (Lipinski definition) is 2. The molecule has 0 radical (unpaired) electrons. The molecule has 2 N–H and O–H groups in total. The molecule has 1 aromatic carbocycles. The zero-order valence-electron chi connectivity index (χ0n) is 14.8. The number of aryl methyl sites for hydroxylation is 1. The van der Waals surface area contributed by atoms with E-state index in [1.165, 1.54) is 0 Å². The van der Waals surface area contributed by atoms with Crippen molar-refractivity contribution in [3.8, 4) is 0 Å². The van der Waals surface area contributed by atoms with Crippen molar-refractivity contribution in [2.75, 3.05) is 13.7 Å². The second-order valence-corrected chi connectivity index (χ2v) is 5.73. The van der Waals surface area contributed by atoms with Gasteiger partial charge in [0.05, 0.1) is 19.7 Å². The van der Waals surface area contributed by atoms with E-state index in [0.29, 0.717) is 19.7 Å². The minimum Gasteiger partial charge on any atom is -0.383 e. The molecule has 0 bridgehead atoms. The van der Waals surface area contributed by atoms with E-state index in [1.807, 2.05) is 36.7 Å². The van der Waals surface area contributed by atoms with Gasteiger partial charge in [-0.05, 0) is 19.4 Å². The van der Waals surface area contributed by atoms with E-state index in [9.17, 15) is 0 Å². The first kappa shape index (κ1) is 17.9. The van der Waals surface area contributed by atoms with E-state index in [2.05, 4.69) is 44.9 Å². The Morgan fingerprint density at radius 3 is 2.67 bits per heavy atom. The summed E-state index contributed by atoms with van der Waals surface area (Å²) < 4.78 is 7.14. The maximum absolute atomic E-state index is 5.18. The molecule has 0 fully saturated rings. The van der Waals surface area contributed by atoms with Gasteiger partial charge in [-0.2, -0.15) is 0 Å². The first-order valence-electron chi connectivity index (χ1n) is 8.02. The molecule has 7 nitrogen and oxygen atoms in total. The molecule has 0 saturated carbocycles. The molecule has 1 aromatic heterocycles. The molecule has 0 aliphatic rings. The second-order valence-electron chi connectivity index (χ2n) is 5.73. The third-order valence-corrected chi connectivity index (χ3v) is 3.66. The molecule has 0 aliphatic carbocycles. The van der Waals surface area contributed by atoms with Crippen molar-refractivity contribution in [3.63, 3.8) is 0 Å². The highest BCUT2D eigenvalue weighted by Crippen LogP contribution is 2.01. The van der Waals surface area contributed by atoms with E-state index >= 15 is 0 Å². The van der Waals surface area contributed by atoms with Crippen molar-refractivity contribution < 1.29 is 4.74 Å². The highest BCUT2D eigenvalue weighted by atomic mass is 16.5. The molecular weight excluding hydrogens is 304 g/mol. The molecule has 2 rings (SSSR count). The molecule has 1 unspecified atom stereocenters. The summed E-state index contributed by atoms with van der Waals surface area (Å²) in [6, 6.07) is 10.3. The van der Waals surface area contributed by atoms with Crippen molar-refractivity contribution in [1.82, 2.24) is 25.4 Å². The minimum atomic E-state index is 0.151. The number of nitrogens with one attached hydrogen (secondary N) is 2. The number of ether oxygens (including phenoxy) is 1. The van der Waals surface area contributed by atoms with Crippen LogP contribution in [0.3, 0.4) is 0 Å². The quantitative estimate of drug-likeness (QED) is 0.593. The number of rotatable bonds is 7. The molecule has 1 atom stereocenters. The predicted octanol–water partition coefficient (Wildman–Crippen LogP) is 1.39. The number of aromatic nitrogens is 3. The van der Waals surface area contributed by atoms with Gasteiger partial charge in [0.2, 0.25) is 0 Å². The number of methoxy groups -OCH3 is 1. The van der Waals surface area contributed by atoms with E-state index in [-0.39, 0.29) is 6.04 Å². The Labute approximate surface area is 143 Å². The molecule has 24 heavy (non-hydrogen) atoms. The van der Waals surface area contributed by atoms with Crippen molar-refractivity contribution in [2.24, 2.45) is 12.0 Å². The van der Waals surface area contributed by atoms with Gasteiger partial charge < -0.3 is 19.9 Å². The zero-order valence-corrected chi connectivity index (χ0v) is 14.8. The molecule has 0 spiro atoms. The third-order valence-electron chi connectivity index (χ3n) is 3.66. The molecular formula is C17H26N6O. The summed E-state index contributed by atoms with van der Waals surface area (Å²) >= 11 is 0. The van der Waals surface area contributed by atoms with Gasteiger partial charge in [0.25, 0.3) is 0 Å². The summed E-state index contributed by atoms with van der Waals surface area (Å²) in [5.74, 6) is 2.47. The highest BCUT2D eigenvalue weighted by molar-refractivity contribution is 5.80. The van der Waals surface area contributed by atoms with Crippen molar-refractivity contribution in [1.29, 1.82) is 0 Å². The average Bonchev–Trinajstić information content (AvgIpc) is 2.90. The molecule has 130 valence electrons. The number of hydrogen-bond acceptors (Lipinski definition) is 4. The van der Waals surface area contributed by atoms with Gasteiger partial charge in [-0.15, -0.1) is 10.2 Å². The lowest BCUT2D eigenvalue weighted by Gasteiger charge is -2.17. The summed E-state index contributed by atoms with van der Waals surface area (Å²) in [6.45, 7) is 5.75. The van der Waals surface area contributed by atoms with Crippen LogP contribution in [0.4, 0.5) is 0 Å². The van der Waals surface area contributed by atoms with Crippen molar-refractivity contribution >= 4 is 5.96 Å². The minimum absolute atomic E-state index is 0.151. The Kier molecular flexibility index (Phi) is 6.74. The average molecular weight is 330 g/mol. The lowest BCUT2D eigenvalue weighted by atomic mass is 10.2. The summed E-state index contributed by atoms with van der Waals surface area (Å²) in [5.41, 5.74) is 1.16. The van der Waals surface area contributed by atoms with Gasteiger partial charge in [0, 0.05) is 20.2 Å². The predicted molar refractivity (Wildman–Crippen MR) is 94.6 cm³/mol. The van der Waals surface area contributed by atoms with E-state index in [1.54, 1.807) is 7.11 Å². The lowest BCUT2D eigenvalue weighted by molar-refractivity contribution is 0.179. The first-order chi connectivity index (χ1) is 11.6. The molecule has 2 aromatic rings. The Balaban J connectivity index is 2.02. The summed E-state index contributed by atoms with van der Waals surface area (Å²) in [6.07, 6.45) is 0. The van der Waals surface area contributed by atoms with Crippen LogP contribution in [0.25, 0.3) is 0 Å². The van der Waals surface area contributed by atoms with Crippen LogP contribution in [-0.4, -0.2) is 40.5 Å². The van der Waals surface area contributed by atoms with Crippen LogP contribution < -0.4 is 10.6 Å². The largest absolute Gasteiger partial charge is 0.383 e. The molecule has 0 saturated heterocycles. The van der Waals surface area contributed by atoms with Gasteiger partial charge >= 0.3 is 0 Å². The normalized spacial score (nSPS) is 12.9. The van der Waals surface area contributed by atoms with Crippen LogP contribution in [0.2, 0.25) is 0 Å². The Bertz CT molecular complexity index is 652. The molecule has 0 amide bonds. The van der Waals surface area contributed by atoms with E-state index in [0.717, 1.165) is 23.2 Å². The van der Waals surface area contributed by atoms with Crippen molar-refractivity contribution in [3.05, 3.63) is 47.5 Å². The fraction of sp³-hybridized carbons (Fsp3) is 0.471. The number of guanidine groups is 1. The zero-order chi connectivity index (χ0) is 17.4. The highest BCUT2D eigenvalue weighted by Gasteiger charge is 2.08. The first-order valence-corrected chi connectivity index (χ1v) is 8.02. The number of aliphatic imine (C=N–C) groups is 1. The standard InChI is InChI=1S/C17H26N6O/c1-13(12-24-4)20-17(18-10-15-8-6-5-7-9-15)19-11-16-22-21-14(2)23(16)3/h5-9,13H,10-12H2,1-4H3,(H2,18,19,20). The van der Waals surface area contributed by atoms with Crippen LogP contribution in [-0.2, 0) is 24.9 Å². The molecule has 7 heteroatoms. The lowest BCUT2D eigenvalue weighted by Crippen LogP contribution is -2.44. The number of nitrogens with zero attached hydrogens (tertiary/aromatic N) is 4. The topological polar surface area (TPSA) is 76.4 Å². The second kappa shape index (κ2) is 9.02. The van der Waals surface area contributed by atoms with Gasteiger partial charge in [-0.25, -0.2) is 4.99 Å². The maximum atomic E-state index is 5.18. The Morgan fingerprint density at radius 1 is 1.29 bits per heavy atom. The third kappa shape index (κ3) is 5.34. The van der Waals surface area contributed by atoms with Gasteiger partial charge in [0.15, 0.2) is 11.8 Å². The van der Waals surface area contributed by atoms with E-state index < -0.39 is 0 Å². The fourth-order valence-electron chi connectivity index (χ4n) is 2.20. The van der Waals surface area contributed by atoms with Crippen LogP contribution in [0.5, 0.6) is 0 Å². The van der Waals surface area contributed by atoms with Crippen LogP contribution in [0.15, 0.2) is 35.3 Å². The van der Waals surface area contributed by atoms with Gasteiger partial charge in [-0.1, -0.05) is 30.3 Å². The number of benzene rings is 1. The van der Waals surface area contributed by atoms with Crippen LogP contribution in [0.1, 0.15) is 24.1 Å². The molecule has 0 aliphatic heterocycles. The monoisotopic (exact) mass is 330 g/mol. The van der Waals surface area contributed by atoms with Crippen LogP contribution >= 0.6 is 0 Å². The maximum Gasteiger partial charge on any atom is 0.192 e. The molecule has 1 heterocycles. The fourth-order valence-corrected chi connectivity index (χ4v) is 2.20. The van der Waals surface area contributed by atoms with Gasteiger partial charge in [-0.3, -0.25) is 0 Å². The van der Waals surface area contributed by atoms with Gasteiger partial charge in [0.1, 0.15) is 5.82 Å². The SMILES string of the molecule is COCC(C)NC(=NCc1ccccc1)NCc1nnc(C)n1C. The van der Waals surface area contributed by atoms with E-state index in [4.69, 9.17) is 4.74 Å². The summed E-state index contributed by atoms with van der Waals surface area (Å²) in [4.78, 5) is 4.65. The Hall–Kier alpha value is -2.41. The smallest absolute Gasteiger partial charge is 0.192 e.